The minimum atomic E-state index is -3.82. The Hall–Kier alpha value is -2.25. The number of rotatable bonds is 8. The van der Waals surface area contributed by atoms with Crippen LogP contribution in [-0.2, 0) is 15.4 Å². The number of sulfonamides is 1. The molecule has 0 saturated heterocycles. The Morgan fingerprint density at radius 1 is 1.07 bits per heavy atom. The van der Waals surface area contributed by atoms with Crippen molar-refractivity contribution in [2.75, 3.05) is 0 Å². The third-order valence-corrected chi connectivity index (χ3v) is 6.29. The highest BCUT2D eigenvalue weighted by molar-refractivity contribution is 7.89. The fraction of sp³-hybridized carbons (Fsp3) is 0.409. The topological polar surface area (TPSA) is 75.3 Å². The number of carbonyl (C=O) groups is 1. The molecule has 0 aliphatic heterocycles. The zero-order valence-corrected chi connectivity index (χ0v) is 18.3. The van der Waals surface area contributed by atoms with Crippen LogP contribution < -0.4 is 10.0 Å². The zero-order chi connectivity index (χ0) is 21.8. The van der Waals surface area contributed by atoms with E-state index in [4.69, 9.17) is 0 Å². The van der Waals surface area contributed by atoms with Crippen LogP contribution in [0, 0.1) is 5.82 Å². The Kier molecular flexibility index (Phi) is 7.19. The van der Waals surface area contributed by atoms with Crippen molar-refractivity contribution in [1.29, 1.82) is 0 Å². The van der Waals surface area contributed by atoms with Gasteiger partial charge in [0, 0.05) is 12.1 Å². The van der Waals surface area contributed by atoms with Crippen LogP contribution in [0.4, 0.5) is 4.39 Å². The molecule has 1 unspecified atom stereocenters. The van der Waals surface area contributed by atoms with E-state index in [2.05, 4.69) is 23.9 Å². The van der Waals surface area contributed by atoms with Gasteiger partial charge in [-0.15, -0.1) is 0 Å². The minimum Gasteiger partial charge on any atom is -0.349 e. The molecule has 0 aliphatic carbocycles. The van der Waals surface area contributed by atoms with E-state index in [0.717, 1.165) is 23.8 Å². The van der Waals surface area contributed by atoms with E-state index < -0.39 is 21.7 Å². The monoisotopic (exact) mass is 420 g/mol. The van der Waals surface area contributed by atoms with Crippen LogP contribution in [0.5, 0.6) is 0 Å². The van der Waals surface area contributed by atoms with Gasteiger partial charge in [0.1, 0.15) is 5.82 Å². The molecule has 2 rings (SSSR count). The highest BCUT2D eigenvalue weighted by atomic mass is 32.2. The number of amides is 1. The standard InChI is InChI=1S/C22H29FN2O3S/c1-15(2)25-29(27,28)18-11-12-20(23)19(13-18)21(26)24-16(3)14-22(4,5)17-9-7-6-8-10-17/h6-13,15-16,25H,14H2,1-5H3,(H,24,26). The SMILES string of the molecule is CC(C)NS(=O)(=O)c1ccc(F)c(C(=O)NC(C)CC(C)(C)c2ccccc2)c1. The maximum Gasteiger partial charge on any atom is 0.254 e. The molecule has 1 atom stereocenters. The lowest BCUT2D eigenvalue weighted by molar-refractivity contribution is 0.0930. The van der Waals surface area contributed by atoms with Gasteiger partial charge in [-0.1, -0.05) is 44.2 Å². The van der Waals surface area contributed by atoms with Gasteiger partial charge in [0.25, 0.3) is 5.91 Å². The average molecular weight is 421 g/mol. The van der Waals surface area contributed by atoms with Gasteiger partial charge in [-0.2, -0.15) is 0 Å². The summed E-state index contributed by atoms with van der Waals surface area (Å²) in [5, 5.41) is 2.79. The number of carbonyl (C=O) groups excluding carboxylic acids is 1. The van der Waals surface area contributed by atoms with Crippen molar-refractivity contribution in [3.05, 3.63) is 65.5 Å². The Morgan fingerprint density at radius 3 is 2.28 bits per heavy atom. The van der Waals surface area contributed by atoms with Crippen molar-refractivity contribution < 1.29 is 17.6 Å². The van der Waals surface area contributed by atoms with Gasteiger partial charge in [-0.05, 0) is 56.4 Å². The van der Waals surface area contributed by atoms with E-state index >= 15 is 0 Å². The molecule has 2 aromatic carbocycles. The Morgan fingerprint density at radius 2 is 1.69 bits per heavy atom. The molecule has 158 valence electrons. The van der Waals surface area contributed by atoms with Crippen LogP contribution in [-0.4, -0.2) is 26.4 Å². The van der Waals surface area contributed by atoms with Crippen molar-refractivity contribution in [1.82, 2.24) is 10.0 Å². The molecule has 0 aromatic heterocycles. The molecular formula is C22H29FN2O3S. The largest absolute Gasteiger partial charge is 0.349 e. The summed E-state index contributed by atoms with van der Waals surface area (Å²) in [7, 11) is -3.82. The lowest BCUT2D eigenvalue weighted by atomic mass is 9.79. The van der Waals surface area contributed by atoms with E-state index in [0.29, 0.717) is 6.42 Å². The molecule has 0 spiro atoms. The second-order valence-corrected chi connectivity index (χ2v) is 9.96. The molecule has 29 heavy (non-hydrogen) atoms. The van der Waals surface area contributed by atoms with Gasteiger partial charge in [0.05, 0.1) is 10.5 Å². The highest BCUT2D eigenvalue weighted by Crippen LogP contribution is 2.28. The van der Waals surface area contributed by atoms with Gasteiger partial charge in [-0.25, -0.2) is 17.5 Å². The molecule has 2 N–H and O–H groups in total. The summed E-state index contributed by atoms with van der Waals surface area (Å²) in [5.74, 6) is -1.40. The molecule has 7 heteroatoms. The summed E-state index contributed by atoms with van der Waals surface area (Å²) in [6.07, 6.45) is 0.636. The van der Waals surface area contributed by atoms with Crippen molar-refractivity contribution in [2.45, 2.75) is 63.4 Å². The number of hydrogen-bond donors (Lipinski definition) is 2. The summed E-state index contributed by atoms with van der Waals surface area (Å²) in [6, 6.07) is 12.6. The van der Waals surface area contributed by atoms with Crippen molar-refractivity contribution in [3.8, 4) is 0 Å². The first kappa shape index (κ1) is 23.0. The lowest BCUT2D eigenvalue weighted by Crippen LogP contribution is -2.37. The smallest absolute Gasteiger partial charge is 0.254 e. The van der Waals surface area contributed by atoms with Crippen molar-refractivity contribution in [3.63, 3.8) is 0 Å². The Balaban J connectivity index is 2.17. The first-order valence-corrected chi connectivity index (χ1v) is 11.1. The van der Waals surface area contributed by atoms with E-state index in [1.54, 1.807) is 13.8 Å². The molecule has 0 heterocycles. The molecule has 0 fully saturated rings. The molecule has 0 radical (unpaired) electrons. The maximum atomic E-state index is 14.2. The maximum absolute atomic E-state index is 14.2. The average Bonchev–Trinajstić information content (AvgIpc) is 2.60. The second kappa shape index (κ2) is 9.05. The Bertz CT molecular complexity index is 957. The summed E-state index contributed by atoms with van der Waals surface area (Å²) >= 11 is 0. The van der Waals surface area contributed by atoms with Crippen molar-refractivity contribution in [2.24, 2.45) is 0 Å². The molecule has 0 aliphatic rings. The molecule has 0 bridgehead atoms. The predicted molar refractivity (Wildman–Crippen MR) is 113 cm³/mol. The van der Waals surface area contributed by atoms with E-state index in [1.807, 2.05) is 37.3 Å². The summed E-state index contributed by atoms with van der Waals surface area (Å²) < 4.78 is 41.3. The van der Waals surface area contributed by atoms with Crippen LogP contribution in [0.3, 0.4) is 0 Å². The van der Waals surface area contributed by atoms with Crippen LogP contribution in [0.2, 0.25) is 0 Å². The normalized spacial score (nSPS) is 13.3. The number of nitrogens with one attached hydrogen (secondary N) is 2. The molecule has 5 nitrogen and oxygen atoms in total. The van der Waals surface area contributed by atoms with Gasteiger partial charge in [-0.3, -0.25) is 4.79 Å². The van der Waals surface area contributed by atoms with E-state index in [-0.39, 0.29) is 28.0 Å². The molecule has 2 aromatic rings. The van der Waals surface area contributed by atoms with Gasteiger partial charge >= 0.3 is 0 Å². The van der Waals surface area contributed by atoms with Gasteiger partial charge in [0.15, 0.2) is 0 Å². The molecular weight excluding hydrogens is 391 g/mol. The number of benzene rings is 2. The molecule has 1 amide bonds. The zero-order valence-electron chi connectivity index (χ0n) is 17.5. The first-order chi connectivity index (χ1) is 13.4. The Labute approximate surface area is 172 Å². The van der Waals surface area contributed by atoms with Gasteiger partial charge in [0.2, 0.25) is 10.0 Å². The summed E-state index contributed by atoms with van der Waals surface area (Å²) in [4.78, 5) is 12.5. The van der Waals surface area contributed by atoms with Crippen LogP contribution >= 0.6 is 0 Å². The third-order valence-electron chi connectivity index (χ3n) is 4.63. The second-order valence-electron chi connectivity index (χ2n) is 8.25. The third kappa shape index (κ3) is 6.11. The van der Waals surface area contributed by atoms with Crippen LogP contribution in [0.15, 0.2) is 53.4 Å². The number of hydrogen-bond acceptors (Lipinski definition) is 3. The van der Waals surface area contributed by atoms with Gasteiger partial charge < -0.3 is 5.32 Å². The number of halogens is 1. The van der Waals surface area contributed by atoms with E-state index in [9.17, 15) is 17.6 Å². The van der Waals surface area contributed by atoms with Crippen LogP contribution in [0.25, 0.3) is 0 Å². The van der Waals surface area contributed by atoms with Crippen LogP contribution in [0.1, 0.15) is 57.0 Å². The van der Waals surface area contributed by atoms with Crippen molar-refractivity contribution >= 4 is 15.9 Å². The van der Waals surface area contributed by atoms with E-state index in [1.165, 1.54) is 0 Å². The quantitative estimate of drug-likeness (QED) is 0.678. The minimum absolute atomic E-state index is 0.144. The fourth-order valence-electron chi connectivity index (χ4n) is 3.35. The summed E-state index contributed by atoms with van der Waals surface area (Å²) in [5.41, 5.74) is 0.653. The fourth-order valence-corrected chi connectivity index (χ4v) is 4.63. The predicted octanol–water partition coefficient (Wildman–Crippen LogP) is 4.00. The first-order valence-electron chi connectivity index (χ1n) is 9.60. The summed E-state index contributed by atoms with van der Waals surface area (Å²) in [6.45, 7) is 9.38. The lowest BCUT2D eigenvalue weighted by Gasteiger charge is -2.29. The molecule has 0 saturated carbocycles. The highest BCUT2D eigenvalue weighted by Gasteiger charge is 2.26.